The van der Waals surface area contributed by atoms with E-state index >= 15 is 0 Å². The Morgan fingerprint density at radius 2 is 1.86 bits per heavy atom. The Morgan fingerprint density at radius 3 is 2.50 bits per heavy atom. The van der Waals surface area contributed by atoms with Crippen LogP contribution < -0.4 is 5.73 Å². The van der Waals surface area contributed by atoms with Gasteiger partial charge in [-0.2, -0.15) is 0 Å². The molecule has 0 unspecified atom stereocenters. The average molecular weight is 574 g/mol. The van der Waals surface area contributed by atoms with Crippen LogP contribution >= 0.6 is 0 Å². The second-order valence-electron chi connectivity index (χ2n) is 11.6. The summed E-state index contributed by atoms with van der Waals surface area (Å²) in [5.41, 5.74) is 5.08. The van der Waals surface area contributed by atoms with Crippen molar-refractivity contribution in [1.29, 1.82) is 0 Å². The van der Waals surface area contributed by atoms with Crippen LogP contribution in [0.5, 0.6) is 5.75 Å². The number of aliphatic hydroxyl groups is 3. The minimum absolute atomic E-state index is 0.0350. The third-order valence-electron chi connectivity index (χ3n) is 8.74. The molecule has 0 aromatic heterocycles. The van der Waals surface area contributed by atoms with Crippen molar-refractivity contribution in [2.45, 2.75) is 31.0 Å². The predicted octanol–water partition coefficient (Wildman–Crippen LogP) is 2.25. The number of phenols is 1. The topological polar surface area (TPSA) is 165 Å². The molecule has 10 heteroatoms. The molecule has 1 saturated carbocycles. The summed E-state index contributed by atoms with van der Waals surface area (Å²) in [7, 11) is 5.13. The molecule has 3 aliphatic rings. The van der Waals surface area contributed by atoms with Crippen molar-refractivity contribution in [3.8, 4) is 16.9 Å². The fourth-order valence-electron chi connectivity index (χ4n) is 6.95. The lowest BCUT2D eigenvalue weighted by Gasteiger charge is -2.50. The number of aromatic hydroxyl groups is 1. The number of hydrogen-bond donors (Lipinski definition) is 5. The molecule has 0 aliphatic heterocycles. The van der Waals surface area contributed by atoms with Crippen LogP contribution in [-0.4, -0.2) is 87.0 Å². The van der Waals surface area contributed by atoms with Gasteiger partial charge >= 0.3 is 0 Å². The van der Waals surface area contributed by atoms with Crippen LogP contribution in [0.3, 0.4) is 0 Å². The molecule has 4 atom stereocenters. The van der Waals surface area contributed by atoms with Crippen LogP contribution in [0.2, 0.25) is 0 Å². The first-order chi connectivity index (χ1) is 19.8. The lowest BCUT2D eigenvalue weighted by molar-refractivity contribution is -0.153. The lowest BCUT2D eigenvalue weighted by atomic mass is 9.57. The molecular weight excluding hydrogens is 538 g/mol. The van der Waals surface area contributed by atoms with Gasteiger partial charge in [-0.1, -0.05) is 30.3 Å². The second kappa shape index (κ2) is 10.5. The van der Waals surface area contributed by atoms with E-state index in [0.717, 1.165) is 16.7 Å². The van der Waals surface area contributed by atoms with Crippen molar-refractivity contribution in [2.75, 3.05) is 27.7 Å². The summed E-state index contributed by atoms with van der Waals surface area (Å²) in [6.45, 7) is 5.17. The van der Waals surface area contributed by atoms with Gasteiger partial charge in [0.15, 0.2) is 11.4 Å². The minimum Gasteiger partial charge on any atom is -0.508 e. The number of primary amides is 1. The number of amides is 1. The maximum Gasteiger partial charge on any atom is 0.255 e. The van der Waals surface area contributed by atoms with Gasteiger partial charge in [-0.05, 0) is 74.3 Å². The quantitative estimate of drug-likeness (QED) is 0.247. The highest BCUT2D eigenvalue weighted by atomic mass is 16.3. The van der Waals surface area contributed by atoms with E-state index in [1.54, 1.807) is 20.2 Å². The number of likely N-dealkylation sites (N-methyl/N-ethyl adjacent to an activating group) is 2. The summed E-state index contributed by atoms with van der Waals surface area (Å²) in [6, 6.07) is 9.98. The van der Waals surface area contributed by atoms with Crippen LogP contribution in [0.15, 0.2) is 66.0 Å². The minimum atomic E-state index is -2.66. The van der Waals surface area contributed by atoms with E-state index < -0.39 is 58.0 Å². The zero-order chi connectivity index (χ0) is 30.7. The monoisotopic (exact) mass is 573 g/mol. The van der Waals surface area contributed by atoms with E-state index in [-0.39, 0.29) is 29.7 Å². The highest BCUT2D eigenvalue weighted by Gasteiger charge is 2.64. The molecule has 42 heavy (non-hydrogen) atoms. The number of benzene rings is 2. The van der Waals surface area contributed by atoms with Crippen LogP contribution in [0.4, 0.5) is 0 Å². The first-order valence-electron chi connectivity index (χ1n) is 13.7. The van der Waals surface area contributed by atoms with Crippen molar-refractivity contribution in [2.24, 2.45) is 17.6 Å². The molecule has 0 spiro atoms. The highest BCUT2D eigenvalue weighted by molar-refractivity contribution is 6.24. The maximum absolute atomic E-state index is 14.0. The SMILES string of the molecule is C=CCN(C)Cc1cccc(-c2ccc(O)c3c2C[C@H]2C[C@H]4[C@H](N(C)C)C(=O)C(C(N)=O)=C(O)[C@@]4(O)C(=O)C2=C3O)c1. The van der Waals surface area contributed by atoms with Crippen LogP contribution in [0.1, 0.15) is 23.1 Å². The van der Waals surface area contributed by atoms with Gasteiger partial charge in [-0.15, -0.1) is 6.58 Å². The molecular formula is C32H35N3O7. The molecule has 1 fully saturated rings. The van der Waals surface area contributed by atoms with Crippen molar-refractivity contribution in [3.63, 3.8) is 0 Å². The van der Waals surface area contributed by atoms with Crippen molar-refractivity contribution >= 4 is 23.2 Å². The molecule has 1 amide bonds. The Balaban J connectivity index is 1.66. The number of nitrogens with two attached hydrogens (primary N) is 1. The van der Waals surface area contributed by atoms with Crippen molar-refractivity contribution in [1.82, 2.24) is 9.80 Å². The average Bonchev–Trinajstić information content (AvgIpc) is 2.90. The van der Waals surface area contributed by atoms with E-state index in [2.05, 4.69) is 11.5 Å². The Kier molecular flexibility index (Phi) is 7.34. The summed E-state index contributed by atoms with van der Waals surface area (Å²) in [6.07, 6.45) is 2.08. The first-order valence-corrected chi connectivity index (χ1v) is 13.7. The number of carbonyl (C=O) groups excluding carboxylic acids is 3. The standard InChI is InChI=1S/C32H35N3O7/c1-5-11-35(4)15-16-7-6-8-17(12-16)19-9-10-22(36)24-20(19)13-18-14-21-26(34(2)3)28(38)25(31(33)41)30(40)32(21,42)29(39)23(18)27(24)37/h5-10,12,18,21,26,36-37,40,42H,1,11,13-15H2,2-4H3,(H2,33,41)/t18-,21-,26-,32-/m0/s1. The van der Waals surface area contributed by atoms with Crippen molar-refractivity contribution < 1.29 is 34.8 Å². The summed E-state index contributed by atoms with van der Waals surface area (Å²) < 4.78 is 0. The molecule has 2 aromatic rings. The third kappa shape index (κ3) is 4.34. The van der Waals surface area contributed by atoms with Gasteiger partial charge in [0.05, 0.1) is 11.6 Å². The van der Waals surface area contributed by atoms with E-state index in [1.807, 2.05) is 37.4 Å². The fourth-order valence-corrected chi connectivity index (χ4v) is 6.95. The zero-order valence-electron chi connectivity index (χ0n) is 23.8. The molecule has 3 aliphatic carbocycles. The molecule has 0 saturated heterocycles. The van der Waals surface area contributed by atoms with E-state index in [1.165, 1.54) is 11.0 Å². The van der Waals surface area contributed by atoms with E-state index in [4.69, 9.17) is 5.73 Å². The zero-order valence-corrected chi connectivity index (χ0v) is 23.8. The number of aliphatic hydroxyl groups excluding tert-OH is 2. The molecule has 10 nitrogen and oxygen atoms in total. The molecule has 0 bridgehead atoms. The van der Waals surface area contributed by atoms with Gasteiger partial charge in [0.2, 0.25) is 5.78 Å². The predicted molar refractivity (Wildman–Crippen MR) is 156 cm³/mol. The summed E-state index contributed by atoms with van der Waals surface area (Å²) in [4.78, 5) is 43.1. The first kappa shape index (κ1) is 29.2. The van der Waals surface area contributed by atoms with Crippen LogP contribution in [0, 0.1) is 11.8 Å². The molecule has 220 valence electrons. The summed E-state index contributed by atoms with van der Waals surface area (Å²) in [5, 5.41) is 45.1. The maximum atomic E-state index is 14.0. The number of ketones is 2. The van der Waals surface area contributed by atoms with Crippen LogP contribution in [0.25, 0.3) is 16.9 Å². The van der Waals surface area contributed by atoms with Crippen LogP contribution in [-0.2, 0) is 27.3 Å². The number of carbonyl (C=O) groups is 3. The Labute approximate surface area is 243 Å². The number of rotatable bonds is 7. The van der Waals surface area contributed by atoms with Crippen molar-refractivity contribution in [3.05, 3.63) is 82.6 Å². The van der Waals surface area contributed by atoms with Gasteiger partial charge in [0, 0.05) is 24.6 Å². The van der Waals surface area contributed by atoms with E-state index in [0.29, 0.717) is 18.7 Å². The van der Waals surface area contributed by atoms with Gasteiger partial charge in [0.1, 0.15) is 22.8 Å². The Hall–Kier alpha value is -4.25. The second-order valence-corrected chi connectivity index (χ2v) is 11.6. The molecule has 2 aromatic carbocycles. The fraction of sp³-hybridized carbons (Fsp3) is 0.344. The highest BCUT2D eigenvalue weighted by Crippen LogP contribution is 2.53. The third-order valence-corrected chi connectivity index (χ3v) is 8.74. The largest absolute Gasteiger partial charge is 0.508 e. The molecule has 5 rings (SSSR count). The summed E-state index contributed by atoms with van der Waals surface area (Å²) in [5.74, 6) is -6.70. The lowest BCUT2D eigenvalue weighted by Crippen LogP contribution is -2.65. The number of nitrogens with zero attached hydrogens (tertiary/aromatic N) is 2. The van der Waals surface area contributed by atoms with Gasteiger partial charge in [0.25, 0.3) is 5.91 Å². The number of Topliss-reactive ketones (excluding diaryl/α,β-unsaturated/α-hetero) is 2. The van der Waals surface area contributed by atoms with Gasteiger partial charge < -0.3 is 26.2 Å². The normalized spacial score (nSPS) is 25.4. The number of fused-ring (bicyclic) bond motifs is 3. The van der Waals surface area contributed by atoms with Gasteiger partial charge in [-0.3, -0.25) is 24.2 Å². The molecule has 0 heterocycles. The number of phenolic OH excluding ortho intramolecular Hbond substituents is 1. The molecule has 6 N–H and O–H groups in total. The smallest absolute Gasteiger partial charge is 0.255 e. The van der Waals surface area contributed by atoms with E-state index in [9.17, 15) is 34.8 Å². The van der Waals surface area contributed by atoms with Gasteiger partial charge in [-0.25, -0.2) is 0 Å². The molecule has 0 radical (unpaired) electrons. The number of hydrogen-bond acceptors (Lipinski definition) is 9. The Bertz CT molecular complexity index is 1590. The summed E-state index contributed by atoms with van der Waals surface area (Å²) >= 11 is 0. The Morgan fingerprint density at radius 1 is 1.14 bits per heavy atom.